The standard InChI is InChI=1S/C20H16O3/c1-2-23-20(22)16-9-7-15(8-10-16)19-12-14(13-21)11-17-5-3-4-6-18(17)19/h3-13H,2H2,1H3. The van der Waals surface area contributed by atoms with Crippen molar-refractivity contribution in [3.8, 4) is 11.1 Å². The van der Waals surface area contributed by atoms with Gasteiger partial charge in [0.05, 0.1) is 12.2 Å². The zero-order chi connectivity index (χ0) is 16.2. The van der Waals surface area contributed by atoms with Crippen LogP contribution in [0.15, 0.2) is 60.7 Å². The van der Waals surface area contributed by atoms with Gasteiger partial charge in [0.15, 0.2) is 0 Å². The van der Waals surface area contributed by atoms with Gasteiger partial charge in [-0.15, -0.1) is 0 Å². The molecule has 3 rings (SSSR count). The summed E-state index contributed by atoms with van der Waals surface area (Å²) in [5.41, 5.74) is 3.08. The van der Waals surface area contributed by atoms with Crippen molar-refractivity contribution in [2.45, 2.75) is 6.92 Å². The number of rotatable bonds is 4. The van der Waals surface area contributed by atoms with Crippen LogP contribution < -0.4 is 0 Å². The van der Waals surface area contributed by atoms with Crippen molar-refractivity contribution >= 4 is 23.0 Å². The highest BCUT2D eigenvalue weighted by atomic mass is 16.5. The predicted octanol–water partition coefficient (Wildman–Crippen LogP) is 4.50. The van der Waals surface area contributed by atoms with E-state index < -0.39 is 0 Å². The van der Waals surface area contributed by atoms with Gasteiger partial charge in [0, 0.05) is 5.56 Å². The zero-order valence-corrected chi connectivity index (χ0v) is 12.8. The highest BCUT2D eigenvalue weighted by molar-refractivity contribution is 6.00. The fourth-order valence-electron chi connectivity index (χ4n) is 2.64. The molecule has 0 N–H and O–H groups in total. The molecule has 3 heteroatoms. The van der Waals surface area contributed by atoms with Crippen LogP contribution in [0.4, 0.5) is 0 Å². The highest BCUT2D eigenvalue weighted by Crippen LogP contribution is 2.30. The molecular formula is C20H16O3. The molecule has 0 aliphatic heterocycles. The molecule has 0 saturated carbocycles. The second-order valence-corrected chi connectivity index (χ2v) is 5.21. The minimum Gasteiger partial charge on any atom is -0.462 e. The average molecular weight is 304 g/mol. The Hall–Kier alpha value is -2.94. The summed E-state index contributed by atoms with van der Waals surface area (Å²) in [6, 6.07) is 18.9. The van der Waals surface area contributed by atoms with Gasteiger partial charge in [-0.3, -0.25) is 4.79 Å². The van der Waals surface area contributed by atoms with E-state index in [0.717, 1.165) is 28.2 Å². The first kappa shape index (κ1) is 15.0. The smallest absolute Gasteiger partial charge is 0.338 e. The molecule has 0 fully saturated rings. The molecule has 0 bridgehead atoms. The molecule has 0 aliphatic rings. The number of carbonyl (C=O) groups is 2. The first-order chi connectivity index (χ1) is 11.2. The van der Waals surface area contributed by atoms with Crippen molar-refractivity contribution in [3.05, 3.63) is 71.8 Å². The Morgan fingerprint density at radius 1 is 1.04 bits per heavy atom. The maximum Gasteiger partial charge on any atom is 0.338 e. The molecule has 0 spiro atoms. The Morgan fingerprint density at radius 2 is 1.78 bits per heavy atom. The highest BCUT2D eigenvalue weighted by Gasteiger charge is 2.09. The molecule has 0 atom stereocenters. The Morgan fingerprint density at radius 3 is 2.48 bits per heavy atom. The van der Waals surface area contributed by atoms with Gasteiger partial charge in [0.25, 0.3) is 0 Å². The van der Waals surface area contributed by atoms with Crippen LogP contribution in [0.2, 0.25) is 0 Å². The number of benzene rings is 3. The van der Waals surface area contributed by atoms with Crippen LogP contribution in [-0.4, -0.2) is 18.9 Å². The molecule has 114 valence electrons. The van der Waals surface area contributed by atoms with E-state index in [2.05, 4.69) is 0 Å². The Bertz CT molecular complexity index is 864. The first-order valence-corrected chi connectivity index (χ1v) is 7.48. The molecule has 0 amide bonds. The summed E-state index contributed by atoms with van der Waals surface area (Å²) in [5, 5.41) is 2.09. The molecular weight excluding hydrogens is 288 g/mol. The van der Waals surface area contributed by atoms with E-state index in [-0.39, 0.29) is 5.97 Å². The van der Waals surface area contributed by atoms with Gasteiger partial charge in [-0.05, 0) is 53.1 Å². The van der Waals surface area contributed by atoms with Crippen LogP contribution in [0.25, 0.3) is 21.9 Å². The Labute approximate surface area is 134 Å². The monoisotopic (exact) mass is 304 g/mol. The third-order valence-electron chi connectivity index (χ3n) is 3.73. The number of aldehydes is 1. The molecule has 0 aliphatic carbocycles. The maximum atomic E-state index is 11.7. The largest absolute Gasteiger partial charge is 0.462 e. The topological polar surface area (TPSA) is 43.4 Å². The quantitative estimate of drug-likeness (QED) is 0.526. The van der Waals surface area contributed by atoms with Crippen molar-refractivity contribution in [2.24, 2.45) is 0 Å². The molecule has 3 nitrogen and oxygen atoms in total. The average Bonchev–Trinajstić information content (AvgIpc) is 2.61. The lowest BCUT2D eigenvalue weighted by atomic mass is 9.95. The van der Waals surface area contributed by atoms with Crippen LogP contribution in [0.5, 0.6) is 0 Å². The predicted molar refractivity (Wildman–Crippen MR) is 90.7 cm³/mol. The Kier molecular flexibility index (Phi) is 4.20. The van der Waals surface area contributed by atoms with Gasteiger partial charge in [0.1, 0.15) is 6.29 Å². The number of esters is 1. The van der Waals surface area contributed by atoms with E-state index in [1.807, 2.05) is 48.5 Å². The number of carbonyl (C=O) groups excluding carboxylic acids is 2. The third-order valence-corrected chi connectivity index (χ3v) is 3.73. The van der Waals surface area contributed by atoms with Crippen molar-refractivity contribution in [2.75, 3.05) is 6.61 Å². The minimum absolute atomic E-state index is 0.328. The van der Waals surface area contributed by atoms with E-state index in [1.165, 1.54) is 0 Å². The van der Waals surface area contributed by atoms with Crippen molar-refractivity contribution in [3.63, 3.8) is 0 Å². The molecule has 0 unspecified atom stereocenters. The number of hydrogen-bond acceptors (Lipinski definition) is 3. The van der Waals surface area contributed by atoms with Crippen LogP contribution in [0.3, 0.4) is 0 Å². The number of hydrogen-bond donors (Lipinski definition) is 0. The van der Waals surface area contributed by atoms with Crippen molar-refractivity contribution < 1.29 is 14.3 Å². The molecule has 23 heavy (non-hydrogen) atoms. The van der Waals surface area contributed by atoms with Crippen molar-refractivity contribution in [1.29, 1.82) is 0 Å². The normalized spacial score (nSPS) is 10.5. The van der Waals surface area contributed by atoms with Crippen LogP contribution in [0, 0.1) is 0 Å². The van der Waals surface area contributed by atoms with E-state index in [1.54, 1.807) is 19.1 Å². The summed E-state index contributed by atoms with van der Waals surface area (Å²) in [4.78, 5) is 22.9. The van der Waals surface area contributed by atoms with E-state index in [0.29, 0.717) is 17.7 Å². The molecule has 0 saturated heterocycles. The van der Waals surface area contributed by atoms with Gasteiger partial charge in [0.2, 0.25) is 0 Å². The van der Waals surface area contributed by atoms with Gasteiger partial charge in [-0.25, -0.2) is 4.79 Å². The lowest BCUT2D eigenvalue weighted by molar-refractivity contribution is 0.0526. The fraction of sp³-hybridized carbons (Fsp3) is 0.100. The zero-order valence-electron chi connectivity index (χ0n) is 12.8. The summed E-state index contributed by atoms with van der Waals surface area (Å²) in [7, 11) is 0. The second-order valence-electron chi connectivity index (χ2n) is 5.21. The molecule has 0 radical (unpaired) electrons. The van der Waals surface area contributed by atoms with Gasteiger partial charge in [-0.2, -0.15) is 0 Å². The van der Waals surface area contributed by atoms with Crippen LogP contribution in [-0.2, 0) is 4.74 Å². The summed E-state index contributed by atoms with van der Waals surface area (Å²) in [6.45, 7) is 2.13. The molecule has 3 aromatic carbocycles. The lowest BCUT2D eigenvalue weighted by Gasteiger charge is -2.09. The van der Waals surface area contributed by atoms with Gasteiger partial charge in [-0.1, -0.05) is 36.4 Å². The lowest BCUT2D eigenvalue weighted by Crippen LogP contribution is -2.04. The summed E-state index contributed by atoms with van der Waals surface area (Å²) < 4.78 is 4.99. The molecule has 0 aromatic heterocycles. The van der Waals surface area contributed by atoms with Crippen LogP contribution >= 0.6 is 0 Å². The number of fused-ring (bicyclic) bond motifs is 1. The SMILES string of the molecule is CCOC(=O)c1ccc(-c2cc(C=O)cc3ccccc23)cc1. The second kappa shape index (κ2) is 6.44. The minimum atomic E-state index is -0.328. The van der Waals surface area contributed by atoms with E-state index in [4.69, 9.17) is 4.74 Å². The van der Waals surface area contributed by atoms with E-state index in [9.17, 15) is 9.59 Å². The molecule has 3 aromatic rings. The first-order valence-electron chi connectivity index (χ1n) is 7.48. The van der Waals surface area contributed by atoms with Crippen LogP contribution in [0.1, 0.15) is 27.6 Å². The summed E-state index contributed by atoms with van der Waals surface area (Å²) in [5.74, 6) is -0.328. The fourth-order valence-corrected chi connectivity index (χ4v) is 2.64. The third kappa shape index (κ3) is 2.99. The summed E-state index contributed by atoms with van der Waals surface area (Å²) >= 11 is 0. The molecule has 0 heterocycles. The maximum absolute atomic E-state index is 11.7. The van der Waals surface area contributed by atoms with E-state index >= 15 is 0 Å². The Balaban J connectivity index is 2.09. The van der Waals surface area contributed by atoms with Crippen molar-refractivity contribution in [1.82, 2.24) is 0 Å². The van der Waals surface area contributed by atoms with Gasteiger partial charge < -0.3 is 4.74 Å². The number of ether oxygens (including phenoxy) is 1. The van der Waals surface area contributed by atoms with Gasteiger partial charge >= 0.3 is 5.97 Å². The summed E-state index contributed by atoms with van der Waals surface area (Å²) in [6.07, 6.45) is 0.850.